The zero-order valence-electron chi connectivity index (χ0n) is 19.2. The Kier molecular flexibility index (Phi) is 6.73. The molecule has 0 bridgehead atoms. The van der Waals surface area contributed by atoms with E-state index in [0.29, 0.717) is 32.2 Å². The van der Waals surface area contributed by atoms with E-state index in [-0.39, 0.29) is 45.4 Å². The van der Waals surface area contributed by atoms with Crippen LogP contribution in [-0.2, 0) is 0 Å². The Labute approximate surface area is 214 Å². The van der Waals surface area contributed by atoms with Crippen molar-refractivity contribution in [1.29, 1.82) is 0 Å². The molecule has 0 radical (unpaired) electrons. The van der Waals surface area contributed by atoms with E-state index in [2.05, 4.69) is 36.1 Å². The van der Waals surface area contributed by atoms with Gasteiger partial charge in [-0.1, -0.05) is 11.6 Å². The van der Waals surface area contributed by atoms with Crippen LogP contribution in [0, 0.1) is 5.82 Å². The Balaban J connectivity index is 1.39. The molecule has 0 spiro atoms. The second kappa shape index (κ2) is 9.39. The van der Waals surface area contributed by atoms with Crippen LogP contribution in [-0.4, -0.2) is 76.7 Å². The number of benzene rings is 1. The monoisotopic (exact) mass is 578 g/mol. The highest BCUT2D eigenvalue weighted by molar-refractivity contribution is 9.10. The molecule has 0 amide bonds. The molecule has 35 heavy (non-hydrogen) atoms. The number of ether oxygens (including phenoxy) is 2. The predicted molar refractivity (Wildman–Crippen MR) is 128 cm³/mol. The van der Waals surface area contributed by atoms with Gasteiger partial charge >= 0.3 is 6.01 Å². The SMILES string of the molecule is CNC(CCOc1c(Cl)c(Br)c(F)c2nc(OC[C@@]34CCCN3C[C@H](F)C4)nc(O)c12)C1(F)CC1. The molecular formula is C23H27BrClF3N4O3. The third-order valence-electron chi connectivity index (χ3n) is 7.47. The lowest BCUT2D eigenvalue weighted by atomic mass is 9.95. The number of halogens is 5. The molecule has 1 aromatic carbocycles. The first-order valence-corrected chi connectivity index (χ1v) is 12.9. The van der Waals surface area contributed by atoms with Crippen LogP contribution in [0.2, 0.25) is 5.02 Å². The summed E-state index contributed by atoms with van der Waals surface area (Å²) in [4.78, 5) is 10.2. The van der Waals surface area contributed by atoms with Crippen molar-refractivity contribution in [2.24, 2.45) is 0 Å². The van der Waals surface area contributed by atoms with Gasteiger partial charge in [0.25, 0.3) is 0 Å². The number of nitrogens with zero attached hydrogens (tertiary/aromatic N) is 3. The van der Waals surface area contributed by atoms with E-state index in [1.54, 1.807) is 7.05 Å². The number of fused-ring (bicyclic) bond motifs is 2. The van der Waals surface area contributed by atoms with Gasteiger partial charge in [-0.05, 0) is 61.6 Å². The van der Waals surface area contributed by atoms with Gasteiger partial charge in [-0.25, -0.2) is 13.2 Å². The van der Waals surface area contributed by atoms with Gasteiger partial charge in [0.1, 0.15) is 34.4 Å². The van der Waals surface area contributed by atoms with Crippen molar-refractivity contribution in [3.8, 4) is 17.6 Å². The van der Waals surface area contributed by atoms with Crippen molar-refractivity contribution < 1.29 is 27.8 Å². The van der Waals surface area contributed by atoms with Crippen molar-refractivity contribution in [2.45, 2.75) is 61.9 Å². The van der Waals surface area contributed by atoms with Gasteiger partial charge in [0.2, 0.25) is 5.88 Å². The second-order valence-corrected chi connectivity index (χ2v) is 10.9. The summed E-state index contributed by atoms with van der Waals surface area (Å²) in [5, 5.41) is 13.5. The molecule has 3 heterocycles. The van der Waals surface area contributed by atoms with Crippen LogP contribution in [0.15, 0.2) is 4.47 Å². The molecule has 5 rings (SSSR count). The fourth-order valence-electron chi connectivity index (χ4n) is 5.46. The summed E-state index contributed by atoms with van der Waals surface area (Å²) in [6, 6.07) is -0.615. The highest BCUT2D eigenvalue weighted by atomic mass is 79.9. The van der Waals surface area contributed by atoms with Crippen LogP contribution in [0.1, 0.15) is 38.5 Å². The Morgan fingerprint density at radius 2 is 2.09 bits per heavy atom. The molecule has 2 aromatic rings. The Bertz CT molecular complexity index is 1140. The number of aromatic hydroxyl groups is 1. The minimum atomic E-state index is -1.25. The summed E-state index contributed by atoms with van der Waals surface area (Å²) in [5.74, 6) is -1.37. The van der Waals surface area contributed by atoms with E-state index in [4.69, 9.17) is 21.1 Å². The minimum Gasteiger partial charge on any atom is -0.493 e. The fraction of sp³-hybridized carbons (Fsp3) is 0.652. The first-order chi connectivity index (χ1) is 16.7. The highest BCUT2D eigenvalue weighted by Gasteiger charge is 2.50. The first kappa shape index (κ1) is 25.1. The van der Waals surface area contributed by atoms with Crippen LogP contribution < -0.4 is 14.8 Å². The van der Waals surface area contributed by atoms with Crippen molar-refractivity contribution in [3.05, 3.63) is 15.3 Å². The van der Waals surface area contributed by atoms with E-state index in [0.717, 1.165) is 19.4 Å². The summed E-state index contributed by atoms with van der Waals surface area (Å²) in [5.41, 5.74) is -1.93. The number of hydrogen-bond donors (Lipinski definition) is 2. The summed E-state index contributed by atoms with van der Waals surface area (Å²) in [6.07, 6.45) is 2.49. The molecule has 1 aromatic heterocycles. The molecule has 3 fully saturated rings. The van der Waals surface area contributed by atoms with Crippen LogP contribution in [0.3, 0.4) is 0 Å². The second-order valence-electron chi connectivity index (χ2n) is 9.70. The van der Waals surface area contributed by atoms with E-state index in [9.17, 15) is 13.9 Å². The van der Waals surface area contributed by atoms with Gasteiger partial charge in [-0.3, -0.25) is 4.90 Å². The topological polar surface area (TPSA) is 79.7 Å². The zero-order valence-corrected chi connectivity index (χ0v) is 21.6. The number of hydrogen-bond acceptors (Lipinski definition) is 7. The maximum atomic E-state index is 15.1. The van der Waals surface area contributed by atoms with Gasteiger partial charge in [-0.2, -0.15) is 9.97 Å². The molecule has 1 aliphatic carbocycles. The van der Waals surface area contributed by atoms with Gasteiger partial charge < -0.3 is 19.9 Å². The smallest absolute Gasteiger partial charge is 0.320 e. The Morgan fingerprint density at radius 3 is 2.80 bits per heavy atom. The number of nitrogens with one attached hydrogen (secondary N) is 1. The maximum Gasteiger partial charge on any atom is 0.320 e. The molecular weight excluding hydrogens is 553 g/mol. The van der Waals surface area contributed by atoms with Crippen molar-refractivity contribution in [3.63, 3.8) is 0 Å². The number of aromatic nitrogens is 2. The van der Waals surface area contributed by atoms with Gasteiger partial charge in [0.15, 0.2) is 11.6 Å². The first-order valence-electron chi connectivity index (χ1n) is 11.8. The van der Waals surface area contributed by atoms with Gasteiger partial charge in [-0.15, -0.1) is 0 Å². The molecule has 7 nitrogen and oxygen atoms in total. The average molecular weight is 580 g/mol. The van der Waals surface area contributed by atoms with Crippen molar-refractivity contribution in [2.75, 3.05) is 33.4 Å². The van der Waals surface area contributed by atoms with Gasteiger partial charge in [0.05, 0.1) is 16.6 Å². The van der Waals surface area contributed by atoms with Crippen molar-refractivity contribution >= 4 is 38.4 Å². The molecule has 3 aliphatic rings. The largest absolute Gasteiger partial charge is 0.493 e. The lowest BCUT2D eigenvalue weighted by molar-refractivity contribution is 0.107. The number of alkyl halides is 2. The Morgan fingerprint density at radius 1 is 1.31 bits per heavy atom. The Hall–Kier alpha value is -1.56. The fourth-order valence-corrected chi connectivity index (χ4v) is 6.06. The lowest BCUT2D eigenvalue weighted by Gasteiger charge is -2.30. The third kappa shape index (κ3) is 4.53. The van der Waals surface area contributed by atoms with Crippen LogP contribution in [0.4, 0.5) is 13.2 Å². The van der Waals surface area contributed by atoms with Crippen LogP contribution in [0.5, 0.6) is 17.6 Å². The zero-order chi connectivity index (χ0) is 25.0. The molecule has 2 saturated heterocycles. The normalized spacial score (nSPS) is 26.2. The standard InChI is InChI=1S/C23H27BrClF3N4O3/c1-29-13(23(28)5-6-23)3-8-34-19-14-18(17(27)15(24)16(19)25)30-21(31-20(14)33)35-11-22-4-2-7-32(22)10-12(26)9-22/h12-13,29H,2-11H2,1H3,(H,30,31,33)/t12-,13?,22+/m1/s1. The van der Waals surface area contributed by atoms with Gasteiger partial charge in [0, 0.05) is 19.0 Å². The summed E-state index contributed by atoms with van der Waals surface area (Å²) in [7, 11) is 1.69. The van der Waals surface area contributed by atoms with Crippen LogP contribution in [0.25, 0.3) is 10.9 Å². The van der Waals surface area contributed by atoms with Crippen molar-refractivity contribution in [1.82, 2.24) is 20.2 Å². The maximum absolute atomic E-state index is 15.1. The van der Waals surface area contributed by atoms with E-state index in [1.165, 1.54) is 0 Å². The highest BCUT2D eigenvalue weighted by Crippen LogP contribution is 2.46. The number of rotatable bonds is 9. The van der Waals surface area contributed by atoms with E-state index in [1.807, 2.05) is 0 Å². The van der Waals surface area contributed by atoms with E-state index >= 15 is 4.39 Å². The minimum absolute atomic E-state index is 0.00539. The third-order valence-corrected chi connectivity index (χ3v) is 8.81. The summed E-state index contributed by atoms with van der Waals surface area (Å²) < 4.78 is 55.1. The molecule has 1 saturated carbocycles. The summed E-state index contributed by atoms with van der Waals surface area (Å²) in [6.45, 7) is 1.37. The molecule has 2 N–H and O–H groups in total. The van der Waals surface area contributed by atoms with E-state index < -0.39 is 35.1 Å². The average Bonchev–Trinajstić information content (AvgIpc) is 3.33. The van der Waals surface area contributed by atoms with Crippen LogP contribution >= 0.6 is 27.5 Å². The molecule has 12 heteroatoms. The molecule has 2 aliphatic heterocycles. The predicted octanol–water partition coefficient (Wildman–Crippen LogP) is 4.70. The molecule has 3 atom stereocenters. The molecule has 192 valence electrons. The molecule has 1 unspecified atom stereocenters. The quantitative estimate of drug-likeness (QED) is 0.417. The summed E-state index contributed by atoms with van der Waals surface area (Å²) >= 11 is 9.44. The lowest BCUT2D eigenvalue weighted by Crippen LogP contribution is -2.43.